The number of amides is 2. The Morgan fingerprint density at radius 2 is 1.82 bits per heavy atom. The summed E-state index contributed by atoms with van der Waals surface area (Å²) in [4.78, 5) is 32.3. The first-order valence-corrected chi connectivity index (χ1v) is 10.7. The third-order valence-electron chi connectivity index (χ3n) is 7.20. The molecule has 1 spiro atoms. The van der Waals surface area contributed by atoms with Crippen molar-refractivity contribution in [1.29, 1.82) is 0 Å². The van der Waals surface area contributed by atoms with Crippen LogP contribution in [-0.4, -0.2) is 71.8 Å². The van der Waals surface area contributed by atoms with E-state index in [0.717, 1.165) is 51.1 Å². The maximum atomic E-state index is 13.0. The molecule has 1 aromatic rings. The predicted octanol–water partition coefficient (Wildman–Crippen LogP) is 2.27. The second-order valence-electron chi connectivity index (χ2n) is 9.37. The number of benzene rings is 1. The van der Waals surface area contributed by atoms with Crippen LogP contribution in [0.1, 0.15) is 32.3 Å². The van der Waals surface area contributed by atoms with Crippen LogP contribution in [0.15, 0.2) is 30.3 Å². The molecule has 5 nitrogen and oxygen atoms in total. The van der Waals surface area contributed by atoms with Gasteiger partial charge in [-0.3, -0.25) is 9.59 Å². The fourth-order valence-corrected chi connectivity index (χ4v) is 5.79. The minimum absolute atomic E-state index is 0.0585. The molecule has 3 aliphatic heterocycles. The van der Waals surface area contributed by atoms with E-state index in [4.69, 9.17) is 0 Å². The number of carbonyl (C=O) groups is 2. The Kier molecular flexibility index (Phi) is 5.21. The van der Waals surface area contributed by atoms with Crippen molar-refractivity contribution >= 4 is 11.8 Å². The van der Waals surface area contributed by atoms with E-state index < -0.39 is 0 Å². The van der Waals surface area contributed by atoms with Crippen molar-refractivity contribution in [3.63, 3.8) is 0 Å². The van der Waals surface area contributed by atoms with Crippen molar-refractivity contribution < 1.29 is 9.59 Å². The molecule has 0 unspecified atom stereocenters. The monoisotopic (exact) mass is 383 g/mol. The SMILES string of the molecule is CC(C)CN1C[C@@H]2C(=O)N(C)C3(CCN(C(=O)Cc4ccccc4)CC3)[C@@H]2C1. The van der Waals surface area contributed by atoms with Gasteiger partial charge in [0.25, 0.3) is 0 Å². The van der Waals surface area contributed by atoms with Gasteiger partial charge in [-0.2, -0.15) is 0 Å². The largest absolute Gasteiger partial charge is 0.342 e. The molecule has 28 heavy (non-hydrogen) atoms. The Balaban J connectivity index is 1.42. The van der Waals surface area contributed by atoms with Crippen molar-refractivity contribution in [2.24, 2.45) is 17.8 Å². The molecule has 152 valence electrons. The number of piperidine rings is 1. The number of likely N-dealkylation sites (tertiary alicyclic amines) is 3. The van der Waals surface area contributed by atoms with Gasteiger partial charge in [-0.1, -0.05) is 44.2 Å². The average Bonchev–Trinajstić information content (AvgIpc) is 3.17. The molecule has 0 radical (unpaired) electrons. The summed E-state index contributed by atoms with van der Waals surface area (Å²) in [7, 11) is 1.99. The lowest BCUT2D eigenvalue weighted by atomic mass is 9.75. The van der Waals surface area contributed by atoms with Gasteiger partial charge in [-0.15, -0.1) is 0 Å². The lowest BCUT2D eigenvalue weighted by molar-refractivity contribution is -0.136. The molecule has 0 saturated carbocycles. The molecular weight excluding hydrogens is 350 g/mol. The summed E-state index contributed by atoms with van der Waals surface area (Å²) in [5, 5.41) is 0. The van der Waals surface area contributed by atoms with E-state index in [9.17, 15) is 9.59 Å². The summed E-state index contributed by atoms with van der Waals surface area (Å²) < 4.78 is 0. The summed E-state index contributed by atoms with van der Waals surface area (Å²) in [6.07, 6.45) is 2.29. The van der Waals surface area contributed by atoms with Crippen LogP contribution in [0.5, 0.6) is 0 Å². The first-order valence-electron chi connectivity index (χ1n) is 10.7. The van der Waals surface area contributed by atoms with Gasteiger partial charge in [0.1, 0.15) is 0 Å². The maximum Gasteiger partial charge on any atom is 0.227 e. The van der Waals surface area contributed by atoms with Crippen molar-refractivity contribution in [3.05, 3.63) is 35.9 Å². The van der Waals surface area contributed by atoms with Crippen molar-refractivity contribution in [2.45, 2.75) is 38.6 Å². The Morgan fingerprint density at radius 1 is 1.14 bits per heavy atom. The van der Waals surface area contributed by atoms with E-state index in [-0.39, 0.29) is 17.4 Å². The Labute approximate surface area is 168 Å². The minimum atomic E-state index is -0.0585. The average molecular weight is 384 g/mol. The molecule has 3 saturated heterocycles. The first-order chi connectivity index (χ1) is 13.4. The molecule has 0 aromatic heterocycles. The van der Waals surface area contributed by atoms with Gasteiger partial charge in [0.2, 0.25) is 11.8 Å². The molecule has 3 fully saturated rings. The third-order valence-corrected chi connectivity index (χ3v) is 7.20. The number of rotatable bonds is 4. The zero-order chi connectivity index (χ0) is 19.9. The quantitative estimate of drug-likeness (QED) is 0.801. The molecule has 4 rings (SSSR count). The maximum absolute atomic E-state index is 13.0. The summed E-state index contributed by atoms with van der Waals surface area (Å²) in [5.74, 6) is 1.71. The van der Waals surface area contributed by atoms with Gasteiger partial charge in [0, 0.05) is 45.7 Å². The van der Waals surface area contributed by atoms with E-state index in [0.29, 0.717) is 24.2 Å². The smallest absolute Gasteiger partial charge is 0.227 e. The number of hydrogen-bond acceptors (Lipinski definition) is 3. The second-order valence-corrected chi connectivity index (χ2v) is 9.37. The lowest BCUT2D eigenvalue weighted by Gasteiger charge is -2.46. The van der Waals surface area contributed by atoms with Gasteiger partial charge in [-0.05, 0) is 24.3 Å². The lowest BCUT2D eigenvalue weighted by Crippen LogP contribution is -2.56. The molecule has 3 aliphatic rings. The highest BCUT2D eigenvalue weighted by Gasteiger charge is 2.60. The molecule has 1 aromatic carbocycles. The fraction of sp³-hybridized carbons (Fsp3) is 0.652. The number of nitrogens with zero attached hydrogens (tertiary/aromatic N) is 3. The number of fused-ring (bicyclic) bond motifs is 2. The van der Waals surface area contributed by atoms with Crippen LogP contribution in [0.4, 0.5) is 0 Å². The minimum Gasteiger partial charge on any atom is -0.342 e. The van der Waals surface area contributed by atoms with E-state index in [1.807, 2.05) is 47.2 Å². The Bertz CT molecular complexity index is 725. The van der Waals surface area contributed by atoms with Crippen LogP contribution < -0.4 is 0 Å². The van der Waals surface area contributed by atoms with Crippen molar-refractivity contribution in [1.82, 2.24) is 14.7 Å². The summed E-state index contributed by atoms with van der Waals surface area (Å²) in [6.45, 7) is 9.01. The van der Waals surface area contributed by atoms with Crippen LogP contribution in [0.25, 0.3) is 0 Å². The van der Waals surface area contributed by atoms with Crippen molar-refractivity contribution in [3.8, 4) is 0 Å². The number of carbonyl (C=O) groups excluding carboxylic acids is 2. The standard InChI is InChI=1S/C23H33N3O2/c1-17(2)14-25-15-19-20(16-25)23(24(3)22(19)28)9-11-26(12-10-23)21(27)13-18-7-5-4-6-8-18/h4-8,17,19-20H,9-16H2,1-3H3/t19-,20+/m0/s1. The summed E-state index contributed by atoms with van der Waals surface area (Å²) >= 11 is 0. The van der Waals surface area contributed by atoms with Gasteiger partial charge < -0.3 is 14.7 Å². The van der Waals surface area contributed by atoms with Crippen molar-refractivity contribution in [2.75, 3.05) is 39.8 Å². The fourth-order valence-electron chi connectivity index (χ4n) is 5.79. The third kappa shape index (κ3) is 3.34. The van der Waals surface area contributed by atoms with Crippen LogP contribution in [0.2, 0.25) is 0 Å². The zero-order valence-corrected chi connectivity index (χ0v) is 17.4. The second kappa shape index (κ2) is 7.51. The molecule has 0 bridgehead atoms. The molecule has 0 N–H and O–H groups in total. The van der Waals surface area contributed by atoms with Crippen LogP contribution in [-0.2, 0) is 16.0 Å². The molecule has 0 aliphatic carbocycles. The van der Waals surface area contributed by atoms with Crippen LogP contribution in [0, 0.1) is 17.8 Å². The number of hydrogen-bond donors (Lipinski definition) is 0. The van der Waals surface area contributed by atoms with Crippen LogP contribution in [0.3, 0.4) is 0 Å². The van der Waals surface area contributed by atoms with E-state index >= 15 is 0 Å². The van der Waals surface area contributed by atoms with Gasteiger partial charge in [0.15, 0.2) is 0 Å². The summed E-state index contributed by atoms with van der Waals surface area (Å²) in [6, 6.07) is 9.97. The first kappa shape index (κ1) is 19.4. The predicted molar refractivity (Wildman–Crippen MR) is 110 cm³/mol. The Morgan fingerprint density at radius 3 is 2.46 bits per heavy atom. The normalized spacial score (nSPS) is 27.1. The van der Waals surface area contributed by atoms with E-state index in [1.54, 1.807) is 0 Å². The highest BCUT2D eigenvalue weighted by molar-refractivity contribution is 5.84. The Hall–Kier alpha value is -1.88. The molecule has 5 heteroatoms. The molecule has 2 amide bonds. The molecule has 3 heterocycles. The highest BCUT2D eigenvalue weighted by atomic mass is 16.2. The van der Waals surface area contributed by atoms with Gasteiger partial charge >= 0.3 is 0 Å². The van der Waals surface area contributed by atoms with E-state index in [2.05, 4.69) is 18.7 Å². The highest BCUT2D eigenvalue weighted by Crippen LogP contribution is 2.49. The van der Waals surface area contributed by atoms with Gasteiger partial charge in [0.05, 0.1) is 17.9 Å². The van der Waals surface area contributed by atoms with Gasteiger partial charge in [-0.25, -0.2) is 0 Å². The zero-order valence-electron chi connectivity index (χ0n) is 17.4. The summed E-state index contributed by atoms with van der Waals surface area (Å²) in [5.41, 5.74) is 1.01. The van der Waals surface area contributed by atoms with E-state index in [1.165, 1.54) is 0 Å². The van der Waals surface area contributed by atoms with Crippen LogP contribution >= 0.6 is 0 Å². The topological polar surface area (TPSA) is 43.9 Å². The molecular formula is C23H33N3O2. The molecule has 2 atom stereocenters.